The second kappa shape index (κ2) is 8.52. The molecule has 2 amide bonds. The third-order valence-corrected chi connectivity index (χ3v) is 3.54. The van der Waals surface area contributed by atoms with Gasteiger partial charge in [0.1, 0.15) is 17.2 Å². The van der Waals surface area contributed by atoms with Crippen molar-refractivity contribution in [2.24, 2.45) is 0 Å². The van der Waals surface area contributed by atoms with Gasteiger partial charge in [0.25, 0.3) is 0 Å². The highest BCUT2D eigenvalue weighted by atomic mass is 35.5. The number of halogens is 2. The van der Waals surface area contributed by atoms with Crippen LogP contribution in [0.15, 0.2) is 36.4 Å². The maximum absolute atomic E-state index is 12.0. The van der Waals surface area contributed by atoms with Gasteiger partial charge < -0.3 is 24.8 Å². The second-order valence-corrected chi connectivity index (χ2v) is 5.40. The van der Waals surface area contributed by atoms with Crippen molar-refractivity contribution in [1.82, 2.24) is 5.32 Å². The van der Waals surface area contributed by atoms with Crippen LogP contribution < -0.4 is 24.8 Å². The molecule has 0 fully saturated rings. The molecule has 0 aliphatic heterocycles. The summed E-state index contributed by atoms with van der Waals surface area (Å²) in [6, 6.07) is 9.42. The first-order chi connectivity index (χ1) is 11.5. The molecule has 8 heteroatoms. The van der Waals surface area contributed by atoms with Gasteiger partial charge in [-0.1, -0.05) is 23.2 Å². The average Bonchev–Trinajstić information content (AvgIpc) is 2.56. The van der Waals surface area contributed by atoms with E-state index in [1.807, 2.05) is 0 Å². The van der Waals surface area contributed by atoms with Crippen LogP contribution in [0.2, 0.25) is 10.0 Å². The molecule has 0 heterocycles. The molecule has 24 heavy (non-hydrogen) atoms. The van der Waals surface area contributed by atoms with Gasteiger partial charge in [0.15, 0.2) is 6.73 Å². The van der Waals surface area contributed by atoms with Crippen molar-refractivity contribution in [3.63, 3.8) is 0 Å². The van der Waals surface area contributed by atoms with E-state index >= 15 is 0 Å². The number of methoxy groups -OCH3 is 2. The molecule has 0 radical (unpaired) electrons. The fraction of sp³-hybridized carbons (Fsp3) is 0.188. The van der Waals surface area contributed by atoms with Crippen LogP contribution in [-0.2, 0) is 0 Å². The SMILES string of the molecule is COc1ccc(OC)c(NC(=O)NCOc2ccc(Cl)cc2Cl)c1. The van der Waals surface area contributed by atoms with Crippen LogP contribution in [0.4, 0.5) is 10.5 Å². The van der Waals surface area contributed by atoms with E-state index in [-0.39, 0.29) is 6.73 Å². The molecular weight excluding hydrogens is 355 g/mol. The summed E-state index contributed by atoms with van der Waals surface area (Å²) in [6.07, 6.45) is 0. The van der Waals surface area contributed by atoms with Gasteiger partial charge in [-0.3, -0.25) is 0 Å². The minimum absolute atomic E-state index is 0.0700. The Morgan fingerprint density at radius 1 is 1.04 bits per heavy atom. The Kier molecular flexibility index (Phi) is 6.40. The summed E-state index contributed by atoms with van der Waals surface area (Å²) in [6.45, 7) is -0.0700. The lowest BCUT2D eigenvalue weighted by Gasteiger charge is -2.13. The van der Waals surface area contributed by atoms with E-state index < -0.39 is 6.03 Å². The van der Waals surface area contributed by atoms with Gasteiger partial charge in [0.2, 0.25) is 0 Å². The molecule has 0 unspecified atom stereocenters. The fourth-order valence-corrected chi connectivity index (χ4v) is 2.31. The molecule has 2 aromatic rings. The molecule has 0 bridgehead atoms. The average molecular weight is 371 g/mol. The molecule has 0 aromatic heterocycles. The summed E-state index contributed by atoms with van der Waals surface area (Å²) in [5.74, 6) is 1.52. The first-order valence-corrected chi connectivity index (χ1v) is 7.64. The van der Waals surface area contributed by atoms with Crippen LogP contribution in [0.3, 0.4) is 0 Å². The second-order valence-electron chi connectivity index (χ2n) is 4.56. The largest absolute Gasteiger partial charge is 0.497 e. The lowest BCUT2D eigenvalue weighted by Crippen LogP contribution is -2.32. The van der Waals surface area contributed by atoms with E-state index in [1.165, 1.54) is 14.2 Å². The normalized spacial score (nSPS) is 10.0. The number of nitrogens with one attached hydrogen (secondary N) is 2. The van der Waals surface area contributed by atoms with Crippen LogP contribution in [0.25, 0.3) is 0 Å². The fourth-order valence-electron chi connectivity index (χ4n) is 1.85. The molecular formula is C16H16Cl2N2O4. The van der Waals surface area contributed by atoms with Gasteiger partial charge in [-0.25, -0.2) is 4.79 Å². The maximum Gasteiger partial charge on any atom is 0.321 e. The number of ether oxygens (including phenoxy) is 3. The summed E-state index contributed by atoms with van der Waals surface area (Å²) in [4.78, 5) is 12.0. The van der Waals surface area contributed by atoms with Crippen molar-refractivity contribution in [3.05, 3.63) is 46.4 Å². The van der Waals surface area contributed by atoms with Crippen LogP contribution in [-0.4, -0.2) is 27.0 Å². The maximum atomic E-state index is 12.0. The van der Waals surface area contributed by atoms with Gasteiger partial charge in [0, 0.05) is 11.1 Å². The Bertz CT molecular complexity index is 725. The molecule has 0 atom stereocenters. The van der Waals surface area contributed by atoms with Gasteiger partial charge in [-0.05, 0) is 30.3 Å². The van der Waals surface area contributed by atoms with Crippen molar-refractivity contribution >= 4 is 34.9 Å². The Balaban J connectivity index is 1.91. The van der Waals surface area contributed by atoms with Crippen LogP contribution in [0, 0.1) is 0 Å². The van der Waals surface area contributed by atoms with E-state index in [4.69, 9.17) is 37.4 Å². The summed E-state index contributed by atoms with van der Waals surface area (Å²) < 4.78 is 15.7. The molecule has 0 aliphatic rings. The summed E-state index contributed by atoms with van der Waals surface area (Å²) in [5, 5.41) is 6.07. The van der Waals surface area contributed by atoms with Crippen molar-refractivity contribution < 1.29 is 19.0 Å². The van der Waals surface area contributed by atoms with E-state index in [9.17, 15) is 4.79 Å². The highest BCUT2D eigenvalue weighted by molar-refractivity contribution is 6.35. The van der Waals surface area contributed by atoms with Crippen molar-refractivity contribution in [3.8, 4) is 17.2 Å². The topological polar surface area (TPSA) is 68.8 Å². The molecule has 2 N–H and O–H groups in total. The van der Waals surface area contributed by atoms with Crippen LogP contribution >= 0.6 is 23.2 Å². The molecule has 2 aromatic carbocycles. The summed E-state index contributed by atoms with van der Waals surface area (Å²) in [7, 11) is 3.05. The minimum Gasteiger partial charge on any atom is -0.497 e. The Morgan fingerprint density at radius 3 is 2.46 bits per heavy atom. The van der Waals surface area contributed by atoms with E-state index in [0.29, 0.717) is 33.0 Å². The molecule has 128 valence electrons. The number of hydrogen-bond donors (Lipinski definition) is 2. The summed E-state index contributed by atoms with van der Waals surface area (Å²) >= 11 is 11.8. The van der Waals surface area contributed by atoms with Gasteiger partial charge in [-0.15, -0.1) is 0 Å². The number of carbonyl (C=O) groups is 1. The monoisotopic (exact) mass is 370 g/mol. The Morgan fingerprint density at radius 2 is 1.79 bits per heavy atom. The highest BCUT2D eigenvalue weighted by Crippen LogP contribution is 2.29. The predicted molar refractivity (Wildman–Crippen MR) is 93.7 cm³/mol. The quantitative estimate of drug-likeness (QED) is 0.748. The Hall–Kier alpha value is -2.31. The number of benzene rings is 2. The van der Waals surface area contributed by atoms with E-state index in [0.717, 1.165) is 0 Å². The molecule has 6 nitrogen and oxygen atoms in total. The number of hydrogen-bond acceptors (Lipinski definition) is 4. The highest BCUT2D eigenvalue weighted by Gasteiger charge is 2.09. The number of carbonyl (C=O) groups excluding carboxylic acids is 1. The standard InChI is InChI=1S/C16H16Cl2N2O4/c1-22-11-4-6-15(23-2)13(8-11)20-16(21)19-9-24-14-5-3-10(17)7-12(14)18/h3-8H,9H2,1-2H3,(H2,19,20,21). The first kappa shape index (κ1) is 18.0. The van der Waals surface area contributed by atoms with E-state index in [2.05, 4.69) is 10.6 Å². The third-order valence-electron chi connectivity index (χ3n) is 3.01. The van der Waals surface area contributed by atoms with Crippen molar-refractivity contribution in [2.75, 3.05) is 26.3 Å². The first-order valence-electron chi connectivity index (χ1n) is 6.88. The lowest BCUT2D eigenvalue weighted by atomic mass is 10.2. The van der Waals surface area contributed by atoms with Crippen LogP contribution in [0.5, 0.6) is 17.2 Å². The zero-order chi connectivity index (χ0) is 17.5. The third kappa shape index (κ3) is 4.84. The smallest absolute Gasteiger partial charge is 0.321 e. The molecule has 0 saturated carbocycles. The number of amides is 2. The number of rotatable bonds is 6. The Labute approximate surface area is 149 Å². The van der Waals surface area contributed by atoms with Crippen LogP contribution in [0.1, 0.15) is 0 Å². The lowest BCUT2D eigenvalue weighted by molar-refractivity contribution is 0.234. The van der Waals surface area contributed by atoms with E-state index in [1.54, 1.807) is 36.4 Å². The van der Waals surface area contributed by atoms with Crippen molar-refractivity contribution in [1.29, 1.82) is 0 Å². The zero-order valence-corrected chi connectivity index (χ0v) is 14.6. The number of anilines is 1. The molecule has 0 aliphatic carbocycles. The molecule has 0 spiro atoms. The molecule has 2 rings (SSSR count). The summed E-state index contributed by atoms with van der Waals surface area (Å²) in [5.41, 5.74) is 0.471. The molecule has 0 saturated heterocycles. The zero-order valence-electron chi connectivity index (χ0n) is 13.1. The number of urea groups is 1. The van der Waals surface area contributed by atoms with Gasteiger partial charge in [-0.2, -0.15) is 0 Å². The predicted octanol–water partition coefficient (Wildman–Crippen LogP) is 4.17. The minimum atomic E-state index is -0.466. The van der Waals surface area contributed by atoms with Gasteiger partial charge >= 0.3 is 6.03 Å². The van der Waals surface area contributed by atoms with Crippen molar-refractivity contribution in [2.45, 2.75) is 0 Å². The van der Waals surface area contributed by atoms with Gasteiger partial charge in [0.05, 0.1) is 24.9 Å².